The lowest BCUT2D eigenvalue weighted by atomic mass is 9.68. The second-order valence-corrected chi connectivity index (χ2v) is 8.03. The van der Waals surface area contributed by atoms with E-state index in [1.54, 1.807) is 18.2 Å². The largest absolute Gasteiger partial charge is 0.490 e. The lowest BCUT2D eigenvalue weighted by molar-refractivity contribution is -0.122. The number of nitrogens with one attached hydrogen (secondary N) is 1. The van der Waals surface area contributed by atoms with Crippen LogP contribution in [0.1, 0.15) is 57.1 Å². The first-order chi connectivity index (χ1) is 13.4. The van der Waals surface area contributed by atoms with E-state index >= 15 is 0 Å². The molecule has 1 amide bonds. The molecule has 0 radical (unpaired) electrons. The van der Waals surface area contributed by atoms with Crippen molar-refractivity contribution in [2.75, 3.05) is 5.32 Å². The van der Waals surface area contributed by atoms with Crippen molar-refractivity contribution in [2.24, 2.45) is 0 Å². The number of nitrogens with zero attached hydrogens (tertiary/aromatic N) is 1. The normalized spacial score (nSPS) is 15.7. The van der Waals surface area contributed by atoms with Crippen LogP contribution in [0.5, 0.6) is 5.75 Å². The fraction of sp³-hybridized carbons (Fsp3) is 0.391. The van der Waals surface area contributed by atoms with Crippen LogP contribution >= 0.6 is 11.6 Å². The highest BCUT2D eigenvalue weighted by molar-refractivity contribution is 6.30. The Morgan fingerprint density at radius 2 is 1.82 bits per heavy atom. The lowest BCUT2D eigenvalue weighted by Gasteiger charge is -2.36. The maximum atomic E-state index is 13.4. The average molecular weight is 397 g/mol. The predicted molar refractivity (Wildman–Crippen MR) is 112 cm³/mol. The van der Waals surface area contributed by atoms with Crippen LogP contribution in [0.2, 0.25) is 5.02 Å². The Morgan fingerprint density at radius 1 is 1.14 bits per heavy atom. The highest BCUT2D eigenvalue weighted by Gasteiger charge is 2.41. The fourth-order valence-corrected chi connectivity index (χ4v) is 4.00. The highest BCUT2D eigenvalue weighted by Crippen LogP contribution is 2.41. The molecule has 2 aromatic rings. The van der Waals surface area contributed by atoms with Crippen LogP contribution in [0, 0.1) is 11.3 Å². The number of hydrogen-bond donors (Lipinski definition) is 1. The van der Waals surface area contributed by atoms with E-state index in [0.717, 1.165) is 37.7 Å². The van der Waals surface area contributed by atoms with Crippen molar-refractivity contribution in [1.82, 2.24) is 0 Å². The standard InChI is InChI=1S/C23H25ClN2O2/c1-16(2)28-21-11-10-20(14-17(21)15-25)26-22(27)23(12-4-3-5-13-23)18-6-8-19(24)9-7-18/h6-11,14,16H,3-5,12-13H2,1-2H3,(H,26,27). The van der Waals surface area contributed by atoms with Gasteiger partial charge >= 0.3 is 0 Å². The summed E-state index contributed by atoms with van der Waals surface area (Å²) in [4.78, 5) is 13.4. The van der Waals surface area contributed by atoms with Gasteiger partial charge < -0.3 is 10.1 Å². The minimum absolute atomic E-state index is 0.0250. The Labute approximate surface area is 171 Å². The van der Waals surface area contributed by atoms with E-state index in [1.165, 1.54) is 0 Å². The first kappa shape index (κ1) is 20.2. The van der Waals surface area contributed by atoms with Gasteiger partial charge in [-0.2, -0.15) is 5.26 Å². The van der Waals surface area contributed by atoms with Gasteiger partial charge in [-0.25, -0.2) is 0 Å². The summed E-state index contributed by atoms with van der Waals surface area (Å²) in [5.74, 6) is 0.497. The van der Waals surface area contributed by atoms with Gasteiger partial charge in [-0.1, -0.05) is 43.0 Å². The first-order valence-electron chi connectivity index (χ1n) is 9.73. The minimum atomic E-state index is -0.567. The predicted octanol–water partition coefficient (Wildman–Crippen LogP) is 5.84. The molecular formula is C23H25ClN2O2. The van der Waals surface area contributed by atoms with Crippen molar-refractivity contribution in [3.63, 3.8) is 0 Å². The zero-order valence-electron chi connectivity index (χ0n) is 16.3. The molecule has 1 fully saturated rings. The molecule has 5 heteroatoms. The number of rotatable bonds is 5. The van der Waals surface area contributed by atoms with Gasteiger partial charge in [0.1, 0.15) is 11.8 Å². The summed E-state index contributed by atoms with van der Waals surface area (Å²) in [5, 5.41) is 13.1. The molecule has 0 saturated heterocycles. The summed E-state index contributed by atoms with van der Waals surface area (Å²) in [5.41, 5.74) is 1.45. The second-order valence-electron chi connectivity index (χ2n) is 7.59. The SMILES string of the molecule is CC(C)Oc1ccc(NC(=O)C2(c3ccc(Cl)cc3)CCCCC2)cc1C#N. The fourth-order valence-electron chi connectivity index (χ4n) is 3.87. The van der Waals surface area contributed by atoms with Gasteiger partial charge in [0.2, 0.25) is 5.91 Å². The van der Waals surface area contributed by atoms with Gasteiger partial charge in [0, 0.05) is 10.7 Å². The molecule has 1 saturated carbocycles. The number of nitriles is 1. The van der Waals surface area contributed by atoms with Crippen LogP contribution in [-0.4, -0.2) is 12.0 Å². The zero-order chi connectivity index (χ0) is 20.1. The number of carbonyl (C=O) groups excluding carboxylic acids is 1. The van der Waals surface area contributed by atoms with Gasteiger partial charge in [0.15, 0.2) is 0 Å². The van der Waals surface area contributed by atoms with Crippen molar-refractivity contribution in [2.45, 2.75) is 57.5 Å². The molecule has 1 aliphatic rings. The zero-order valence-corrected chi connectivity index (χ0v) is 17.1. The van der Waals surface area contributed by atoms with E-state index in [0.29, 0.717) is 22.0 Å². The van der Waals surface area contributed by atoms with E-state index in [4.69, 9.17) is 16.3 Å². The second kappa shape index (κ2) is 8.67. The van der Waals surface area contributed by atoms with E-state index in [1.807, 2.05) is 38.1 Å². The quantitative estimate of drug-likeness (QED) is 0.690. The van der Waals surface area contributed by atoms with E-state index in [9.17, 15) is 10.1 Å². The van der Waals surface area contributed by atoms with Crippen LogP contribution in [0.25, 0.3) is 0 Å². The van der Waals surface area contributed by atoms with Crippen LogP contribution in [0.4, 0.5) is 5.69 Å². The first-order valence-corrected chi connectivity index (χ1v) is 10.1. The molecular weight excluding hydrogens is 372 g/mol. The Kier molecular flexibility index (Phi) is 6.26. The molecule has 3 rings (SSSR count). The number of benzene rings is 2. The molecule has 0 heterocycles. The molecule has 0 unspecified atom stereocenters. The third-order valence-electron chi connectivity index (χ3n) is 5.26. The summed E-state index contributed by atoms with van der Waals surface area (Å²) >= 11 is 6.05. The number of carbonyl (C=O) groups is 1. The number of halogens is 1. The van der Waals surface area contributed by atoms with Crippen molar-refractivity contribution in [3.8, 4) is 11.8 Å². The number of amides is 1. The van der Waals surface area contributed by atoms with Gasteiger partial charge in [0.05, 0.1) is 17.1 Å². The maximum Gasteiger partial charge on any atom is 0.235 e. The van der Waals surface area contributed by atoms with Gasteiger partial charge in [-0.3, -0.25) is 4.79 Å². The van der Waals surface area contributed by atoms with Gasteiger partial charge in [0.25, 0.3) is 0 Å². The molecule has 1 N–H and O–H groups in total. The summed E-state index contributed by atoms with van der Waals surface area (Å²) in [6, 6.07) is 14.9. The molecule has 4 nitrogen and oxygen atoms in total. The Balaban J connectivity index is 1.88. The Bertz CT molecular complexity index is 878. The molecule has 1 aliphatic carbocycles. The maximum absolute atomic E-state index is 13.4. The van der Waals surface area contributed by atoms with Gasteiger partial charge in [-0.05, 0) is 62.6 Å². The van der Waals surface area contributed by atoms with Crippen molar-refractivity contribution in [1.29, 1.82) is 5.26 Å². The smallest absolute Gasteiger partial charge is 0.235 e. The minimum Gasteiger partial charge on any atom is -0.490 e. The molecule has 0 atom stereocenters. The Morgan fingerprint density at radius 3 is 2.43 bits per heavy atom. The molecule has 28 heavy (non-hydrogen) atoms. The van der Waals surface area contributed by atoms with Crippen molar-refractivity contribution < 1.29 is 9.53 Å². The number of anilines is 1. The topological polar surface area (TPSA) is 62.1 Å². The molecule has 0 aliphatic heterocycles. The summed E-state index contributed by atoms with van der Waals surface area (Å²) < 4.78 is 5.67. The highest BCUT2D eigenvalue weighted by atomic mass is 35.5. The number of ether oxygens (including phenoxy) is 1. The molecule has 146 valence electrons. The third kappa shape index (κ3) is 4.31. The molecule has 0 bridgehead atoms. The van der Waals surface area contributed by atoms with Crippen LogP contribution in [0.3, 0.4) is 0 Å². The van der Waals surface area contributed by atoms with Crippen molar-refractivity contribution >= 4 is 23.2 Å². The average Bonchev–Trinajstić information content (AvgIpc) is 2.69. The summed E-state index contributed by atoms with van der Waals surface area (Å²) in [7, 11) is 0. The van der Waals surface area contributed by atoms with Gasteiger partial charge in [-0.15, -0.1) is 0 Å². The molecule has 2 aromatic carbocycles. The van der Waals surface area contributed by atoms with E-state index in [2.05, 4.69) is 11.4 Å². The Hall–Kier alpha value is -2.51. The van der Waals surface area contributed by atoms with Crippen LogP contribution in [0.15, 0.2) is 42.5 Å². The van der Waals surface area contributed by atoms with E-state index in [-0.39, 0.29) is 12.0 Å². The monoisotopic (exact) mass is 396 g/mol. The molecule has 0 aromatic heterocycles. The summed E-state index contributed by atoms with van der Waals surface area (Å²) in [6.07, 6.45) is 4.76. The van der Waals surface area contributed by atoms with E-state index < -0.39 is 5.41 Å². The lowest BCUT2D eigenvalue weighted by Crippen LogP contribution is -2.42. The summed E-state index contributed by atoms with van der Waals surface area (Å²) in [6.45, 7) is 3.82. The van der Waals surface area contributed by atoms with Crippen LogP contribution < -0.4 is 10.1 Å². The van der Waals surface area contributed by atoms with Crippen molar-refractivity contribution in [3.05, 3.63) is 58.6 Å². The number of hydrogen-bond acceptors (Lipinski definition) is 3. The van der Waals surface area contributed by atoms with Crippen LogP contribution in [-0.2, 0) is 10.2 Å². The third-order valence-corrected chi connectivity index (χ3v) is 5.51. The molecule has 0 spiro atoms.